The first-order valence-corrected chi connectivity index (χ1v) is 12.8. The Balaban J connectivity index is 1.66. The molecule has 3 aromatic heterocycles. The zero-order chi connectivity index (χ0) is 24.4. The number of carbonyl (C=O) groups is 1. The summed E-state index contributed by atoms with van der Waals surface area (Å²) < 4.78 is 13.5. The first-order chi connectivity index (χ1) is 16.3. The van der Waals surface area contributed by atoms with Crippen LogP contribution in [-0.4, -0.2) is 49.1 Å². The maximum atomic E-state index is 11.5. The maximum absolute atomic E-state index is 11.5. The lowest BCUT2D eigenvalue weighted by molar-refractivity contribution is -0.156. The summed E-state index contributed by atoms with van der Waals surface area (Å²) in [7, 11) is 0. The van der Waals surface area contributed by atoms with Gasteiger partial charge in [-0.2, -0.15) is 0 Å². The number of thiazole rings is 1. The Morgan fingerprint density at radius 2 is 2.18 bits per heavy atom. The molecule has 0 spiro atoms. The number of carbonyl (C=O) groups excluding carboxylic acids is 1. The van der Waals surface area contributed by atoms with E-state index < -0.39 is 6.10 Å². The van der Waals surface area contributed by atoms with Gasteiger partial charge in [-0.1, -0.05) is 48.8 Å². The van der Waals surface area contributed by atoms with Gasteiger partial charge in [-0.15, -0.1) is 33.2 Å². The van der Waals surface area contributed by atoms with Gasteiger partial charge in [0.2, 0.25) is 0 Å². The molecular weight excluding hydrogens is 519 g/mol. The van der Waals surface area contributed by atoms with Crippen LogP contribution in [0.1, 0.15) is 26.8 Å². The van der Waals surface area contributed by atoms with Crippen LogP contribution in [0.15, 0.2) is 28.7 Å². The van der Waals surface area contributed by atoms with E-state index in [-0.39, 0.29) is 41.7 Å². The summed E-state index contributed by atoms with van der Waals surface area (Å²) in [6.07, 6.45) is 2.89. The van der Waals surface area contributed by atoms with E-state index in [1.807, 2.05) is 17.8 Å². The molecule has 13 heteroatoms. The van der Waals surface area contributed by atoms with E-state index in [0.29, 0.717) is 25.8 Å². The standard InChI is InChI=1S/C21H20Cl2N6O3S2/c1-10-15(8-31-12(3)30)32-21(34-16-5-13(22)6-25-19(16)24-4)11(2)18(10)29-7-14(27-28-29)20-26-17(23)9-33-20/h5-7,9-11,15,18,21H,8H2,1-3H3/t10-,11?,15?,18-,21+/m0/s1. The van der Waals surface area contributed by atoms with E-state index in [1.165, 1.54) is 36.2 Å². The van der Waals surface area contributed by atoms with Crippen LogP contribution in [0.3, 0.4) is 0 Å². The molecule has 1 saturated heterocycles. The van der Waals surface area contributed by atoms with E-state index in [0.717, 1.165) is 0 Å². The Morgan fingerprint density at radius 3 is 2.85 bits per heavy atom. The summed E-state index contributed by atoms with van der Waals surface area (Å²) >= 11 is 14.9. The molecule has 2 unspecified atom stereocenters. The van der Waals surface area contributed by atoms with Crippen molar-refractivity contribution in [3.05, 3.63) is 45.4 Å². The quantitative estimate of drug-likeness (QED) is 0.297. The summed E-state index contributed by atoms with van der Waals surface area (Å²) in [5.74, 6) is -0.243. The van der Waals surface area contributed by atoms with Gasteiger partial charge in [0.05, 0.1) is 23.4 Å². The number of rotatable bonds is 6. The van der Waals surface area contributed by atoms with Gasteiger partial charge >= 0.3 is 5.97 Å². The smallest absolute Gasteiger partial charge is 0.302 e. The predicted molar refractivity (Wildman–Crippen MR) is 130 cm³/mol. The topological polar surface area (TPSA) is 96.4 Å². The first-order valence-electron chi connectivity index (χ1n) is 10.3. The van der Waals surface area contributed by atoms with Crippen molar-refractivity contribution >= 4 is 58.1 Å². The third kappa shape index (κ3) is 5.37. The molecule has 0 amide bonds. The molecular formula is C21H20Cl2N6O3S2. The second-order valence-electron chi connectivity index (χ2n) is 7.82. The molecule has 0 radical (unpaired) electrons. The van der Waals surface area contributed by atoms with Crippen molar-refractivity contribution in [3.8, 4) is 10.7 Å². The van der Waals surface area contributed by atoms with Gasteiger partial charge in [0, 0.05) is 29.0 Å². The number of hydrogen-bond donors (Lipinski definition) is 0. The lowest BCUT2D eigenvalue weighted by atomic mass is 9.84. The molecule has 178 valence electrons. The molecule has 0 saturated carbocycles. The minimum atomic E-state index is -0.395. The second-order valence-corrected chi connectivity index (χ2v) is 10.6. The van der Waals surface area contributed by atoms with E-state index in [2.05, 4.69) is 32.0 Å². The van der Waals surface area contributed by atoms with Gasteiger partial charge < -0.3 is 14.3 Å². The van der Waals surface area contributed by atoms with E-state index in [1.54, 1.807) is 11.4 Å². The van der Waals surface area contributed by atoms with Crippen molar-refractivity contribution in [2.24, 2.45) is 11.8 Å². The molecule has 3 aromatic rings. The lowest BCUT2D eigenvalue weighted by Gasteiger charge is -2.44. The average molecular weight is 539 g/mol. The van der Waals surface area contributed by atoms with Crippen molar-refractivity contribution in [1.29, 1.82) is 0 Å². The summed E-state index contributed by atoms with van der Waals surface area (Å²) in [5, 5.41) is 11.9. The molecule has 9 nitrogen and oxygen atoms in total. The van der Waals surface area contributed by atoms with Crippen molar-refractivity contribution in [2.75, 3.05) is 6.61 Å². The molecule has 34 heavy (non-hydrogen) atoms. The van der Waals surface area contributed by atoms with Crippen LogP contribution >= 0.6 is 46.3 Å². The zero-order valence-corrected chi connectivity index (χ0v) is 21.5. The molecule has 1 aliphatic rings. The molecule has 4 heterocycles. The lowest BCUT2D eigenvalue weighted by Crippen LogP contribution is -2.47. The number of pyridine rings is 1. The Hall–Kier alpha value is -2.23. The summed E-state index contributed by atoms with van der Waals surface area (Å²) in [6.45, 7) is 13.0. The van der Waals surface area contributed by atoms with Crippen LogP contribution in [0.4, 0.5) is 5.82 Å². The minimum absolute atomic E-state index is 0.0550. The highest BCUT2D eigenvalue weighted by Crippen LogP contribution is 2.46. The van der Waals surface area contributed by atoms with Crippen molar-refractivity contribution in [1.82, 2.24) is 25.0 Å². The summed E-state index contributed by atoms with van der Waals surface area (Å²) in [6, 6.07) is 1.57. The Labute approximate surface area is 214 Å². The first kappa shape index (κ1) is 24.9. The van der Waals surface area contributed by atoms with Gasteiger partial charge in [-0.05, 0) is 6.07 Å². The van der Waals surface area contributed by atoms with Crippen LogP contribution in [-0.2, 0) is 14.3 Å². The third-order valence-electron chi connectivity index (χ3n) is 5.51. The molecule has 0 aliphatic carbocycles. The number of ether oxygens (including phenoxy) is 2. The molecule has 4 rings (SSSR count). The highest BCUT2D eigenvalue weighted by atomic mass is 35.5. The fourth-order valence-corrected chi connectivity index (χ4v) is 6.23. The number of esters is 1. The van der Waals surface area contributed by atoms with Crippen LogP contribution in [0.5, 0.6) is 0 Å². The number of aromatic nitrogens is 5. The molecule has 5 atom stereocenters. The SMILES string of the molecule is [C-]#[N+]c1ncc(Cl)cc1S[C@H]1OC(COC(C)=O)[C@H](C)[C@H](n2cc(-c3nc(Cl)cs3)nn2)C1C. The van der Waals surface area contributed by atoms with Crippen LogP contribution < -0.4 is 0 Å². The fraction of sp³-hybridized carbons (Fsp3) is 0.429. The predicted octanol–water partition coefficient (Wildman–Crippen LogP) is 5.55. The number of hydrogen-bond acceptors (Lipinski definition) is 9. The number of thioether (sulfide) groups is 1. The minimum Gasteiger partial charge on any atom is -0.463 e. The highest BCUT2D eigenvalue weighted by molar-refractivity contribution is 8.00. The average Bonchev–Trinajstić information content (AvgIpc) is 3.44. The zero-order valence-electron chi connectivity index (χ0n) is 18.4. The van der Waals surface area contributed by atoms with Crippen molar-refractivity contribution < 1.29 is 14.3 Å². The Kier molecular flexibility index (Phi) is 7.74. The monoisotopic (exact) mass is 538 g/mol. The van der Waals surface area contributed by atoms with Crippen molar-refractivity contribution in [2.45, 2.75) is 43.2 Å². The normalized spacial score (nSPS) is 24.5. The molecule has 0 N–H and O–H groups in total. The van der Waals surface area contributed by atoms with Gasteiger partial charge in [0.1, 0.15) is 34.1 Å². The molecule has 0 aromatic carbocycles. The number of nitrogens with zero attached hydrogens (tertiary/aromatic N) is 6. The van der Waals surface area contributed by atoms with Gasteiger partial charge in [0.25, 0.3) is 5.82 Å². The highest BCUT2D eigenvalue weighted by Gasteiger charge is 2.44. The van der Waals surface area contributed by atoms with Gasteiger partial charge in [-0.3, -0.25) is 4.79 Å². The Morgan fingerprint density at radius 1 is 1.38 bits per heavy atom. The fourth-order valence-electron chi connectivity index (χ4n) is 3.89. The van der Waals surface area contributed by atoms with E-state index in [9.17, 15) is 4.79 Å². The third-order valence-corrected chi connectivity index (χ3v) is 8.23. The van der Waals surface area contributed by atoms with Crippen LogP contribution in [0.25, 0.3) is 15.5 Å². The van der Waals surface area contributed by atoms with Crippen molar-refractivity contribution in [3.63, 3.8) is 0 Å². The maximum Gasteiger partial charge on any atom is 0.302 e. The van der Waals surface area contributed by atoms with Crippen LogP contribution in [0, 0.1) is 18.4 Å². The largest absolute Gasteiger partial charge is 0.463 e. The van der Waals surface area contributed by atoms with E-state index in [4.69, 9.17) is 39.2 Å². The molecule has 0 bridgehead atoms. The summed E-state index contributed by atoms with van der Waals surface area (Å²) in [5.41, 5.74) is 0.238. The molecule has 1 fully saturated rings. The summed E-state index contributed by atoms with van der Waals surface area (Å²) in [4.78, 5) is 24.0. The van der Waals surface area contributed by atoms with E-state index >= 15 is 0 Å². The van der Waals surface area contributed by atoms with Gasteiger partial charge in [0.15, 0.2) is 0 Å². The van der Waals surface area contributed by atoms with Gasteiger partial charge in [-0.25, -0.2) is 9.67 Å². The Bertz CT molecular complexity index is 1230. The number of halogens is 2. The molecule has 1 aliphatic heterocycles. The van der Waals surface area contributed by atoms with Crippen LogP contribution in [0.2, 0.25) is 10.2 Å². The second kappa shape index (κ2) is 10.6.